The first-order valence-corrected chi connectivity index (χ1v) is 6.42. The molecule has 0 saturated carbocycles. The van der Waals surface area contributed by atoms with Gasteiger partial charge in [0.15, 0.2) is 0 Å². The Labute approximate surface area is 115 Å². The van der Waals surface area contributed by atoms with Crippen LogP contribution in [0.5, 0.6) is 0 Å². The van der Waals surface area contributed by atoms with Crippen molar-refractivity contribution in [3.8, 4) is 6.07 Å². The Bertz CT molecular complexity index is 616. The Balaban J connectivity index is 1.87. The fourth-order valence-electron chi connectivity index (χ4n) is 2.79. The molecule has 2 aliphatic heterocycles. The number of halogens is 1. The van der Waals surface area contributed by atoms with Crippen molar-refractivity contribution in [3.05, 3.63) is 35.1 Å². The van der Waals surface area contributed by atoms with Gasteiger partial charge in [-0.05, 0) is 30.5 Å². The number of rotatable bonds is 2. The molecule has 1 aromatic rings. The highest BCUT2D eigenvalue weighted by Gasteiger charge is 2.47. The lowest BCUT2D eigenvalue weighted by molar-refractivity contribution is -0.128. The summed E-state index contributed by atoms with van der Waals surface area (Å²) in [5.74, 6) is -0.731. The maximum atomic E-state index is 13.1. The van der Waals surface area contributed by atoms with Gasteiger partial charge in [0.05, 0.1) is 18.2 Å². The number of carbonyl (C=O) groups excluding carboxylic acids is 2. The molecule has 0 aliphatic carbocycles. The number of nitriles is 1. The smallest absolute Gasteiger partial charge is 0.312 e. The van der Waals surface area contributed by atoms with Gasteiger partial charge in [-0.25, -0.2) is 9.18 Å². The Morgan fingerprint density at radius 3 is 2.90 bits per heavy atom. The van der Waals surface area contributed by atoms with Gasteiger partial charge in [-0.1, -0.05) is 6.07 Å². The summed E-state index contributed by atoms with van der Waals surface area (Å²) in [5, 5.41) is 8.99. The number of fused-ring (bicyclic) bond motifs is 1. The van der Waals surface area contributed by atoms with Gasteiger partial charge in [0.1, 0.15) is 11.9 Å². The first-order chi connectivity index (χ1) is 9.61. The van der Waals surface area contributed by atoms with Gasteiger partial charge in [-0.2, -0.15) is 5.26 Å². The second-order valence-electron chi connectivity index (χ2n) is 4.97. The third-order valence-electron chi connectivity index (χ3n) is 3.80. The minimum Gasteiger partial charge on any atom is -0.312 e. The molecule has 102 valence electrons. The highest BCUT2D eigenvalue weighted by molar-refractivity contribution is 6.04. The third-order valence-corrected chi connectivity index (χ3v) is 3.80. The Hall–Kier alpha value is -2.42. The first-order valence-electron chi connectivity index (χ1n) is 6.42. The van der Waals surface area contributed by atoms with E-state index in [-0.39, 0.29) is 30.1 Å². The number of nitrogens with zero attached hydrogens (tertiary/aromatic N) is 3. The van der Waals surface area contributed by atoms with Crippen LogP contribution in [0.3, 0.4) is 0 Å². The van der Waals surface area contributed by atoms with Crippen LogP contribution in [-0.4, -0.2) is 34.3 Å². The van der Waals surface area contributed by atoms with E-state index in [4.69, 9.17) is 5.26 Å². The molecule has 3 amide bonds. The molecule has 2 heterocycles. The molecule has 5 nitrogen and oxygen atoms in total. The van der Waals surface area contributed by atoms with Crippen molar-refractivity contribution in [3.63, 3.8) is 0 Å². The van der Waals surface area contributed by atoms with E-state index in [0.717, 1.165) is 17.4 Å². The van der Waals surface area contributed by atoms with Crippen LogP contribution in [0.1, 0.15) is 24.0 Å². The zero-order chi connectivity index (χ0) is 14.3. The van der Waals surface area contributed by atoms with Gasteiger partial charge in [0.25, 0.3) is 5.91 Å². The minimum atomic E-state index is -0.509. The van der Waals surface area contributed by atoms with Crippen LogP contribution >= 0.6 is 0 Å². The standard InChI is InChI=1S/C14H12FN3O2/c15-11-4-3-9(10(6-11)7-16)8-18-13(19)12-2-1-5-17(12)14(18)20/h3-4,6,12H,1-2,5,8H2. The van der Waals surface area contributed by atoms with Crippen molar-refractivity contribution in [1.29, 1.82) is 5.26 Å². The largest absolute Gasteiger partial charge is 0.327 e. The molecule has 0 bridgehead atoms. The van der Waals surface area contributed by atoms with E-state index in [9.17, 15) is 14.0 Å². The summed E-state index contributed by atoms with van der Waals surface area (Å²) in [7, 11) is 0. The Kier molecular flexibility index (Phi) is 2.90. The lowest BCUT2D eigenvalue weighted by atomic mass is 10.1. The summed E-state index contributed by atoms with van der Waals surface area (Å²) in [4.78, 5) is 27.0. The van der Waals surface area contributed by atoms with Gasteiger partial charge in [0.2, 0.25) is 0 Å². The van der Waals surface area contributed by atoms with E-state index in [1.165, 1.54) is 12.1 Å². The van der Waals surface area contributed by atoms with Crippen molar-refractivity contribution in [2.75, 3.05) is 6.54 Å². The summed E-state index contributed by atoms with van der Waals surface area (Å²) in [5.41, 5.74) is 0.634. The van der Waals surface area contributed by atoms with E-state index in [1.54, 1.807) is 4.90 Å². The van der Waals surface area contributed by atoms with Gasteiger partial charge < -0.3 is 4.90 Å². The predicted molar refractivity (Wildman–Crippen MR) is 66.8 cm³/mol. The molecule has 3 rings (SSSR count). The van der Waals surface area contributed by atoms with Crippen LogP contribution in [0, 0.1) is 17.1 Å². The molecule has 1 atom stereocenters. The average Bonchev–Trinajstić information content (AvgIpc) is 3.00. The molecule has 2 aliphatic rings. The molecule has 2 fully saturated rings. The summed E-state index contributed by atoms with van der Waals surface area (Å²) in [6.07, 6.45) is 1.53. The molecule has 0 radical (unpaired) electrons. The van der Waals surface area contributed by atoms with Gasteiger partial charge in [0, 0.05) is 6.54 Å². The van der Waals surface area contributed by atoms with Crippen molar-refractivity contribution in [1.82, 2.24) is 9.80 Å². The van der Waals surface area contributed by atoms with Crippen molar-refractivity contribution in [2.24, 2.45) is 0 Å². The topological polar surface area (TPSA) is 64.4 Å². The molecule has 0 spiro atoms. The average molecular weight is 273 g/mol. The zero-order valence-corrected chi connectivity index (χ0v) is 10.7. The maximum Gasteiger partial charge on any atom is 0.327 e. The van der Waals surface area contributed by atoms with E-state index in [1.807, 2.05) is 6.07 Å². The fourth-order valence-corrected chi connectivity index (χ4v) is 2.79. The van der Waals surface area contributed by atoms with Gasteiger partial charge >= 0.3 is 6.03 Å². The molecule has 2 saturated heterocycles. The van der Waals surface area contributed by atoms with Crippen LogP contribution in [0.2, 0.25) is 0 Å². The van der Waals surface area contributed by atoms with Crippen LogP contribution in [0.4, 0.5) is 9.18 Å². The number of urea groups is 1. The molecule has 0 aromatic heterocycles. The lowest BCUT2D eigenvalue weighted by Crippen LogP contribution is -2.32. The number of benzene rings is 1. The molecule has 1 unspecified atom stereocenters. The third kappa shape index (κ3) is 1.83. The normalized spacial score (nSPS) is 21.3. The molecule has 20 heavy (non-hydrogen) atoms. The number of hydrogen-bond donors (Lipinski definition) is 0. The summed E-state index contributed by atoms with van der Waals surface area (Å²) in [6.45, 7) is 0.619. The second-order valence-corrected chi connectivity index (χ2v) is 4.97. The SMILES string of the molecule is N#Cc1cc(F)ccc1CN1C(=O)C2CCCN2C1=O. The van der Waals surface area contributed by atoms with Crippen molar-refractivity contribution >= 4 is 11.9 Å². The molecule has 6 heteroatoms. The van der Waals surface area contributed by atoms with E-state index < -0.39 is 5.82 Å². The fraction of sp³-hybridized carbons (Fsp3) is 0.357. The minimum absolute atomic E-state index is 0.0217. The second kappa shape index (κ2) is 4.60. The van der Waals surface area contributed by atoms with Crippen LogP contribution in [0.15, 0.2) is 18.2 Å². The van der Waals surface area contributed by atoms with Gasteiger partial charge in [-0.15, -0.1) is 0 Å². The molecular formula is C14H12FN3O2. The first kappa shape index (κ1) is 12.6. The molecule has 0 N–H and O–H groups in total. The van der Waals surface area contributed by atoms with E-state index in [2.05, 4.69) is 0 Å². The molecular weight excluding hydrogens is 261 g/mol. The number of carbonyl (C=O) groups is 2. The predicted octanol–water partition coefficient (Wildman–Crippen LogP) is 1.62. The number of hydrogen-bond acceptors (Lipinski definition) is 3. The molecule has 1 aromatic carbocycles. The monoisotopic (exact) mass is 273 g/mol. The highest BCUT2D eigenvalue weighted by Crippen LogP contribution is 2.28. The number of amides is 3. The van der Waals surface area contributed by atoms with Crippen molar-refractivity contribution < 1.29 is 14.0 Å². The van der Waals surface area contributed by atoms with Crippen LogP contribution in [0.25, 0.3) is 0 Å². The quantitative estimate of drug-likeness (QED) is 0.769. The van der Waals surface area contributed by atoms with Crippen molar-refractivity contribution in [2.45, 2.75) is 25.4 Å². The van der Waals surface area contributed by atoms with E-state index in [0.29, 0.717) is 18.5 Å². The Morgan fingerprint density at radius 2 is 2.20 bits per heavy atom. The van der Waals surface area contributed by atoms with Gasteiger partial charge in [-0.3, -0.25) is 9.69 Å². The summed E-state index contributed by atoms with van der Waals surface area (Å²) >= 11 is 0. The summed E-state index contributed by atoms with van der Waals surface area (Å²) in [6, 6.07) is 5.00. The Morgan fingerprint density at radius 1 is 1.40 bits per heavy atom. The summed E-state index contributed by atoms with van der Waals surface area (Å²) < 4.78 is 13.1. The number of imide groups is 1. The van der Waals surface area contributed by atoms with E-state index >= 15 is 0 Å². The van der Waals surface area contributed by atoms with Crippen LogP contribution in [-0.2, 0) is 11.3 Å². The van der Waals surface area contributed by atoms with Crippen LogP contribution < -0.4 is 0 Å². The lowest BCUT2D eigenvalue weighted by Gasteiger charge is -2.16. The highest BCUT2D eigenvalue weighted by atomic mass is 19.1. The zero-order valence-electron chi connectivity index (χ0n) is 10.7. The maximum absolute atomic E-state index is 13.1.